The molecule has 0 aliphatic carbocycles. The van der Waals surface area contributed by atoms with Crippen LogP contribution in [0, 0.1) is 20.8 Å². The van der Waals surface area contributed by atoms with E-state index in [0.29, 0.717) is 33.4 Å². The van der Waals surface area contributed by atoms with Crippen LogP contribution in [0.25, 0.3) is 0 Å². The highest BCUT2D eigenvalue weighted by Crippen LogP contribution is 2.38. The molecule has 0 bridgehead atoms. The van der Waals surface area contributed by atoms with Gasteiger partial charge in [-0.3, -0.25) is 9.59 Å². The Morgan fingerprint density at radius 1 is 0.895 bits per heavy atom. The van der Waals surface area contributed by atoms with Crippen LogP contribution in [0.1, 0.15) is 45.6 Å². The molecule has 38 heavy (non-hydrogen) atoms. The van der Waals surface area contributed by atoms with Crippen molar-refractivity contribution in [2.75, 3.05) is 16.0 Å². The number of carbonyl (C=O) groups is 2. The molecule has 3 aromatic carbocycles. The largest absolute Gasteiger partial charge is 0.343 e. The van der Waals surface area contributed by atoms with Gasteiger partial charge in [-0.1, -0.05) is 59.1 Å². The molecule has 2 amide bonds. The molecule has 8 heteroatoms. The lowest BCUT2D eigenvalue weighted by atomic mass is 9.94. The number of benzene rings is 3. The van der Waals surface area contributed by atoms with Gasteiger partial charge in [-0.05, 0) is 69.2 Å². The van der Waals surface area contributed by atoms with Gasteiger partial charge in [0.25, 0.3) is 11.8 Å². The van der Waals surface area contributed by atoms with Crippen LogP contribution in [0.15, 0.2) is 84.2 Å². The highest BCUT2D eigenvalue weighted by Gasteiger charge is 2.35. The molecular weight excluding hydrogens is 498 g/mol. The average molecular weight is 526 g/mol. The Kier molecular flexibility index (Phi) is 6.78. The van der Waals surface area contributed by atoms with E-state index in [1.807, 2.05) is 88.4 Å². The number of aryl methyl sites for hydroxylation is 3. The minimum absolute atomic E-state index is 0.265. The number of halogens is 1. The molecular formula is C30H28ClN5O2. The van der Waals surface area contributed by atoms with Gasteiger partial charge in [0.15, 0.2) is 0 Å². The number of rotatable bonds is 5. The Bertz CT molecular complexity index is 1590. The molecule has 7 nitrogen and oxygen atoms in total. The van der Waals surface area contributed by atoms with Crippen LogP contribution in [-0.4, -0.2) is 21.6 Å². The van der Waals surface area contributed by atoms with Crippen molar-refractivity contribution in [3.05, 3.63) is 117 Å². The predicted octanol–water partition coefficient (Wildman–Crippen LogP) is 6.64. The number of carbonyl (C=O) groups excluding carboxylic acids is 2. The molecule has 5 rings (SSSR count). The summed E-state index contributed by atoms with van der Waals surface area (Å²) in [5.41, 5.74) is 6.84. The molecule has 0 spiro atoms. The molecule has 0 radical (unpaired) electrons. The zero-order chi connectivity index (χ0) is 27.0. The number of hydrogen-bond donors (Lipinski definition) is 3. The molecule has 3 N–H and O–H groups in total. The predicted molar refractivity (Wildman–Crippen MR) is 152 cm³/mol. The van der Waals surface area contributed by atoms with Crippen molar-refractivity contribution < 1.29 is 9.59 Å². The highest BCUT2D eigenvalue weighted by atomic mass is 35.5. The molecule has 1 aromatic heterocycles. The first-order valence-electron chi connectivity index (χ1n) is 12.3. The quantitative estimate of drug-likeness (QED) is 0.272. The maximum atomic E-state index is 13.7. The number of nitrogens with one attached hydrogen (secondary N) is 3. The van der Waals surface area contributed by atoms with Gasteiger partial charge < -0.3 is 16.0 Å². The first-order valence-corrected chi connectivity index (χ1v) is 12.7. The maximum Gasteiger partial charge on any atom is 0.261 e. The number of allylic oxidation sites excluding steroid dienone is 1. The maximum absolute atomic E-state index is 13.7. The van der Waals surface area contributed by atoms with Crippen molar-refractivity contribution in [2.24, 2.45) is 0 Å². The van der Waals surface area contributed by atoms with E-state index in [0.717, 1.165) is 27.9 Å². The monoisotopic (exact) mass is 525 g/mol. The van der Waals surface area contributed by atoms with E-state index in [2.05, 4.69) is 21.0 Å². The molecule has 192 valence electrons. The van der Waals surface area contributed by atoms with Crippen LogP contribution in [-0.2, 0) is 4.79 Å². The summed E-state index contributed by atoms with van der Waals surface area (Å²) in [4.78, 5) is 27.0. The van der Waals surface area contributed by atoms with Crippen molar-refractivity contribution in [1.29, 1.82) is 0 Å². The van der Waals surface area contributed by atoms with Gasteiger partial charge in [0, 0.05) is 22.1 Å². The van der Waals surface area contributed by atoms with Crippen molar-refractivity contribution in [3.63, 3.8) is 0 Å². The fraction of sp³-hybridized carbons (Fsp3) is 0.167. The van der Waals surface area contributed by atoms with Crippen molar-refractivity contribution >= 4 is 40.6 Å². The second kappa shape index (κ2) is 10.2. The fourth-order valence-electron chi connectivity index (χ4n) is 4.68. The Labute approximate surface area is 226 Å². The fourth-order valence-corrected chi connectivity index (χ4v) is 4.88. The van der Waals surface area contributed by atoms with E-state index in [1.54, 1.807) is 10.7 Å². The van der Waals surface area contributed by atoms with Gasteiger partial charge in [0.05, 0.1) is 11.8 Å². The van der Waals surface area contributed by atoms with Gasteiger partial charge in [-0.25, -0.2) is 4.68 Å². The van der Waals surface area contributed by atoms with Gasteiger partial charge in [0.2, 0.25) is 0 Å². The van der Waals surface area contributed by atoms with Crippen LogP contribution in [0.3, 0.4) is 0 Å². The number of nitrogens with zero attached hydrogens (tertiary/aromatic N) is 2. The molecule has 0 saturated carbocycles. The van der Waals surface area contributed by atoms with E-state index in [4.69, 9.17) is 11.6 Å². The van der Waals surface area contributed by atoms with Gasteiger partial charge in [-0.2, -0.15) is 5.10 Å². The first-order chi connectivity index (χ1) is 18.2. The van der Waals surface area contributed by atoms with E-state index in [1.165, 1.54) is 6.20 Å². The van der Waals surface area contributed by atoms with Gasteiger partial charge >= 0.3 is 0 Å². The number of fused-ring (bicyclic) bond motifs is 1. The molecule has 1 aliphatic rings. The Morgan fingerprint density at radius 2 is 1.63 bits per heavy atom. The van der Waals surface area contributed by atoms with Crippen LogP contribution < -0.4 is 16.0 Å². The Morgan fingerprint density at radius 3 is 2.34 bits per heavy atom. The van der Waals surface area contributed by atoms with Gasteiger partial charge in [-0.15, -0.1) is 0 Å². The average Bonchev–Trinajstić information content (AvgIpc) is 3.29. The van der Waals surface area contributed by atoms with E-state index >= 15 is 0 Å². The second-order valence-corrected chi connectivity index (χ2v) is 10.0. The standard InChI is InChI=1S/C30H28ClN5O2/c1-17-8-11-23(12-9-17)34-29(37)24-16-32-36-27(21-6-5-7-22(31)15-21)26(20(4)33-28(24)36)30(38)35-25-13-10-18(2)14-19(25)3/h5-16,27,33H,1-4H3,(H,34,37)(H,35,38)/t27-/m1/s1. The third-order valence-corrected chi connectivity index (χ3v) is 6.85. The molecule has 4 aromatic rings. The molecule has 1 atom stereocenters. The molecule has 2 heterocycles. The highest BCUT2D eigenvalue weighted by molar-refractivity contribution is 6.30. The molecule has 0 fully saturated rings. The van der Waals surface area contributed by atoms with E-state index < -0.39 is 6.04 Å². The third-order valence-electron chi connectivity index (χ3n) is 6.62. The zero-order valence-electron chi connectivity index (χ0n) is 21.6. The minimum Gasteiger partial charge on any atom is -0.343 e. The molecule has 0 unspecified atom stereocenters. The third kappa shape index (κ3) is 4.93. The summed E-state index contributed by atoms with van der Waals surface area (Å²) in [5, 5.41) is 14.4. The minimum atomic E-state index is -0.600. The van der Waals surface area contributed by atoms with Crippen molar-refractivity contribution in [1.82, 2.24) is 9.78 Å². The number of aromatic nitrogens is 2. The molecule has 0 saturated heterocycles. The number of amides is 2. The summed E-state index contributed by atoms with van der Waals surface area (Å²) < 4.78 is 1.67. The normalized spacial score (nSPS) is 14.5. The van der Waals surface area contributed by atoms with Crippen LogP contribution in [0.2, 0.25) is 5.02 Å². The Hall–Kier alpha value is -4.36. The summed E-state index contributed by atoms with van der Waals surface area (Å²) in [6.45, 7) is 7.79. The van der Waals surface area contributed by atoms with Crippen molar-refractivity contribution in [3.8, 4) is 0 Å². The summed E-state index contributed by atoms with van der Waals surface area (Å²) in [6, 6.07) is 20.2. The van der Waals surface area contributed by atoms with Gasteiger partial charge in [0.1, 0.15) is 17.4 Å². The van der Waals surface area contributed by atoms with Crippen LogP contribution >= 0.6 is 11.6 Å². The number of hydrogen-bond acceptors (Lipinski definition) is 4. The summed E-state index contributed by atoms with van der Waals surface area (Å²) >= 11 is 6.35. The Balaban J connectivity index is 1.54. The smallest absolute Gasteiger partial charge is 0.261 e. The lowest BCUT2D eigenvalue weighted by molar-refractivity contribution is -0.113. The lowest BCUT2D eigenvalue weighted by Gasteiger charge is -2.30. The summed E-state index contributed by atoms with van der Waals surface area (Å²) in [7, 11) is 0. The first kappa shape index (κ1) is 25.3. The second-order valence-electron chi connectivity index (χ2n) is 9.57. The zero-order valence-corrected chi connectivity index (χ0v) is 22.4. The summed E-state index contributed by atoms with van der Waals surface area (Å²) in [6.07, 6.45) is 1.52. The summed E-state index contributed by atoms with van der Waals surface area (Å²) in [5.74, 6) is -0.0673. The number of anilines is 3. The molecule has 1 aliphatic heterocycles. The van der Waals surface area contributed by atoms with Crippen molar-refractivity contribution in [2.45, 2.75) is 33.7 Å². The lowest BCUT2D eigenvalue weighted by Crippen LogP contribution is -2.32. The van der Waals surface area contributed by atoms with E-state index in [-0.39, 0.29) is 11.8 Å². The SMILES string of the molecule is CC1=C(C(=O)Nc2ccc(C)cc2C)[C@@H](c2cccc(Cl)c2)n2ncc(C(=O)Nc3ccc(C)cc3)c2N1. The van der Waals surface area contributed by atoms with Crippen LogP contribution in [0.4, 0.5) is 17.2 Å². The topological polar surface area (TPSA) is 88.0 Å². The van der Waals surface area contributed by atoms with E-state index in [9.17, 15) is 9.59 Å². The van der Waals surface area contributed by atoms with Crippen LogP contribution in [0.5, 0.6) is 0 Å².